The van der Waals surface area contributed by atoms with E-state index in [0.29, 0.717) is 0 Å². The first kappa shape index (κ1) is 21.8. The number of hydrogen-bond acceptors (Lipinski definition) is 1. The topological polar surface area (TPSA) is 25.2 Å². The summed E-state index contributed by atoms with van der Waals surface area (Å²) >= 11 is 0. The van der Waals surface area contributed by atoms with Crippen molar-refractivity contribution in [3.05, 3.63) is 71.2 Å². The van der Waals surface area contributed by atoms with Gasteiger partial charge in [-0.05, 0) is 62.1 Å². The molecule has 1 heterocycles. The Morgan fingerprint density at radius 2 is 1.60 bits per heavy atom. The van der Waals surface area contributed by atoms with E-state index < -0.39 is 0 Å². The Labute approximate surface area is 179 Å². The Bertz CT molecular complexity index is 1030. The zero-order chi connectivity index (χ0) is 21.8. The molecule has 0 aliphatic heterocycles. The number of halogens is 1. The molecule has 0 saturated carbocycles. The van der Waals surface area contributed by atoms with E-state index in [-0.39, 0.29) is 11.7 Å². The molecular formula is C26H31FN2O. The summed E-state index contributed by atoms with van der Waals surface area (Å²) in [5.41, 5.74) is 6.57. The number of carbonyl (C=O) groups excluding carboxylic acids is 1. The maximum absolute atomic E-state index is 13.7. The van der Waals surface area contributed by atoms with Gasteiger partial charge in [-0.2, -0.15) is 0 Å². The Morgan fingerprint density at radius 3 is 2.17 bits per heavy atom. The lowest BCUT2D eigenvalue weighted by Gasteiger charge is -2.22. The van der Waals surface area contributed by atoms with Crippen molar-refractivity contribution in [3.63, 3.8) is 0 Å². The molecule has 1 amide bonds. The van der Waals surface area contributed by atoms with Crippen molar-refractivity contribution >= 4 is 5.91 Å². The van der Waals surface area contributed by atoms with Crippen molar-refractivity contribution < 1.29 is 9.18 Å². The minimum atomic E-state index is -0.268. The summed E-state index contributed by atoms with van der Waals surface area (Å²) in [4.78, 5) is 15.7. The lowest BCUT2D eigenvalue weighted by atomic mass is 9.95. The molecule has 0 atom stereocenters. The molecule has 3 nitrogen and oxygen atoms in total. The molecule has 0 bridgehead atoms. The Balaban J connectivity index is 2.30. The number of hydrogen-bond donors (Lipinski definition) is 0. The third-order valence-electron chi connectivity index (χ3n) is 5.60. The Hall–Kier alpha value is -2.88. The first-order valence-corrected chi connectivity index (χ1v) is 10.7. The molecule has 0 N–H and O–H groups in total. The Kier molecular flexibility index (Phi) is 6.76. The first-order chi connectivity index (χ1) is 14.4. The smallest absolute Gasteiger partial charge is 0.256 e. The number of aryl methyl sites for hydroxylation is 1. The van der Waals surface area contributed by atoms with Gasteiger partial charge in [0.1, 0.15) is 5.82 Å². The molecule has 3 rings (SSSR count). The molecule has 0 radical (unpaired) electrons. The van der Waals surface area contributed by atoms with Crippen LogP contribution in [0.15, 0.2) is 48.5 Å². The first-order valence-electron chi connectivity index (χ1n) is 10.7. The normalized spacial score (nSPS) is 11.0. The predicted octanol–water partition coefficient (Wildman–Crippen LogP) is 6.38. The molecular weight excluding hydrogens is 375 g/mol. The van der Waals surface area contributed by atoms with E-state index in [1.165, 1.54) is 12.1 Å². The highest BCUT2D eigenvalue weighted by atomic mass is 19.1. The summed E-state index contributed by atoms with van der Waals surface area (Å²) < 4.78 is 15.7. The van der Waals surface area contributed by atoms with Crippen LogP contribution in [0.4, 0.5) is 4.39 Å². The highest BCUT2D eigenvalue weighted by Crippen LogP contribution is 2.39. The second kappa shape index (κ2) is 9.29. The van der Waals surface area contributed by atoms with Gasteiger partial charge in [0.25, 0.3) is 5.91 Å². The summed E-state index contributed by atoms with van der Waals surface area (Å²) in [5.74, 6) is -0.202. The molecule has 0 aliphatic carbocycles. The number of amides is 1. The van der Waals surface area contributed by atoms with Crippen LogP contribution in [0.1, 0.15) is 48.3 Å². The monoisotopic (exact) mass is 406 g/mol. The fraction of sp³-hybridized carbons (Fsp3) is 0.346. The van der Waals surface area contributed by atoms with Crippen molar-refractivity contribution in [1.82, 2.24) is 9.47 Å². The molecule has 0 saturated heterocycles. The van der Waals surface area contributed by atoms with Gasteiger partial charge in [0.15, 0.2) is 0 Å². The summed E-state index contributed by atoms with van der Waals surface area (Å²) in [7, 11) is 1.98. The molecule has 0 aliphatic rings. The largest absolute Gasteiger partial charge is 0.347 e. The van der Waals surface area contributed by atoms with Gasteiger partial charge in [-0.3, -0.25) is 4.79 Å². The maximum Gasteiger partial charge on any atom is 0.256 e. The molecule has 0 fully saturated rings. The van der Waals surface area contributed by atoms with Crippen molar-refractivity contribution in [2.75, 3.05) is 13.1 Å². The van der Waals surface area contributed by atoms with Crippen LogP contribution in [0.5, 0.6) is 0 Å². The number of carbonyl (C=O) groups is 1. The van der Waals surface area contributed by atoms with Crippen LogP contribution in [-0.4, -0.2) is 28.5 Å². The van der Waals surface area contributed by atoms with E-state index in [9.17, 15) is 9.18 Å². The Morgan fingerprint density at radius 1 is 0.967 bits per heavy atom. The number of rotatable bonds is 7. The predicted molar refractivity (Wildman–Crippen MR) is 122 cm³/mol. The third kappa shape index (κ3) is 4.18. The van der Waals surface area contributed by atoms with Crippen molar-refractivity contribution in [3.8, 4) is 22.4 Å². The lowest BCUT2D eigenvalue weighted by Crippen LogP contribution is -2.33. The summed E-state index contributed by atoms with van der Waals surface area (Å²) in [6, 6.07) is 14.8. The minimum absolute atomic E-state index is 0.0664. The SMILES string of the molecule is CCCN(CCC)C(=O)c1c(-c2cccc(C)c2)c(-c2ccc(F)cc2)n(C)c1C. The number of aromatic nitrogens is 1. The van der Waals surface area contributed by atoms with E-state index >= 15 is 0 Å². The molecule has 3 aromatic rings. The van der Waals surface area contributed by atoms with E-state index in [0.717, 1.165) is 65.1 Å². The maximum atomic E-state index is 13.7. The summed E-state index contributed by atoms with van der Waals surface area (Å²) in [5, 5.41) is 0. The average Bonchev–Trinajstić information content (AvgIpc) is 2.99. The second-order valence-electron chi connectivity index (χ2n) is 7.91. The van der Waals surface area contributed by atoms with E-state index in [4.69, 9.17) is 0 Å². The van der Waals surface area contributed by atoms with Gasteiger partial charge in [0.05, 0.1) is 11.3 Å². The van der Waals surface area contributed by atoms with Crippen molar-refractivity contribution in [1.29, 1.82) is 0 Å². The molecule has 0 spiro atoms. The third-order valence-corrected chi connectivity index (χ3v) is 5.60. The number of benzene rings is 2. The fourth-order valence-electron chi connectivity index (χ4n) is 4.10. The molecule has 2 aromatic carbocycles. The highest BCUT2D eigenvalue weighted by molar-refractivity contribution is 6.06. The summed E-state index contributed by atoms with van der Waals surface area (Å²) in [6.45, 7) is 9.72. The highest BCUT2D eigenvalue weighted by Gasteiger charge is 2.28. The average molecular weight is 407 g/mol. The molecule has 158 valence electrons. The quantitative estimate of drug-likeness (QED) is 0.447. The van der Waals surface area contributed by atoms with Crippen LogP contribution in [0.25, 0.3) is 22.4 Å². The van der Waals surface area contributed by atoms with Gasteiger partial charge in [0, 0.05) is 31.4 Å². The van der Waals surface area contributed by atoms with Crippen LogP contribution < -0.4 is 0 Å². The van der Waals surface area contributed by atoms with Gasteiger partial charge >= 0.3 is 0 Å². The van der Waals surface area contributed by atoms with Crippen LogP contribution in [0, 0.1) is 19.7 Å². The van der Waals surface area contributed by atoms with Crippen molar-refractivity contribution in [2.24, 2.45) is 7.05 Å². The lowest BCUT2D eigenvalue weighted by molar-refractivity contribution is 0.0755. The summed E-state index contributed by atoms with van der Waals surface area (Å²) in [6.07, 6.45) is 1.84. The van der Waals surface area contributed by atoms with Crippen LogP contribution >= 0.6 is 0 Å². The molecule has 1 aromatic heterocycles. The van der Waals surface area contributed by atoms with E-state index in [1.54, 1.807) is 12.1 Å². The molecule has 4 heteroatoms. The van der Waals surface area contributed by atoms with E-state index in [1.807, 2.05) is 24.9 Å². The fourth-order valence-corrected chi connectivity index (χ4v) is 4.10. The van der Waals surface area contributed by atoms with Gasteiger partial charge in [-0.15, -0.1) is 0 Å². The standard InChI is InChI=1S/C26H31FN2O/c1-6-15-29(16-7-2)26(30)23-19(4)28(5)25(20-11-13-22(27)14-12-20)24(23)21-10-8-9-18(3)17-21/h8-14,17H,6-7,15-16H2,1-5H3. The zero-order valence-electron chi connectivity index (χ0n) is 18.6. The van der Waals surface area contributed by atoms with Crippen molar-refractivity contribution in [2.45, 2.75) is 40.5 Å². The zero-order valence-corrected chi connectivity index (χ0v) is 18.6. The van der Waals surface area contributed by atoms with Gasteiger partial charge in [-0.25, -0.2) is 4.39 Å². The number of nitrogens with zero attached hydrogens (tertiary/aromatic N) is 2. The van der Waals surface area contributed by atoms with Crippen LogP contribution in [-0.2, 0) is 7.05 Å². The second-order valence-corrected chi connectivity index (χ2v) is 7.91. The van der Waals surface area contributed by atoms with Crippen LogP contribution in [0.3, 0.4) is 0 Å². The molecule has 30 heavy (non-hydrogen) atoms. The van der Waals surface area contributed by atoms with Gasteiger partial charge < -0.3 is 9.47 Å². The van der Waals surface area contributed by atoms with E-state index in [2.05, 4.69) is 43.5 Å². The molecule has 0 unspecified atom stereocenters. The van der Waals surface area contributed by atoms with Crippen LogP contribution in [0.2, 0.25) is 0 Å². The van der Waals surface area contributed by atoms with Gasteiger partial charge in [0.2, 0.25) is 0 Å². The minimum Gasteiger partial charge on any atom is -0.347 e. The van der Waals surface area contributed by atoms with Gasteiger partial charge in [-0.1, -0.05) is 43.7 Å².